The molecule has 3 rings (SSSR count). The first-order chi connectivity index (χ1) is 9.24. The summed E-state index contributed by atoms with van der Waals surface area (Å²) in [6.07, 6.45) is 0. The van der Waals surface area contributed by atoms with Crippen LogP contribution in [-0.4, -0.2) is 11.0 Å². The summed E-state index contributed by atoms with van der Waals surface area (Å²) in [4.78, 5) is 4.49. The molecule has 5 heteroatoms. The lowest BCUT2D eigenvalue weighted by molar-refractivity contribution is 0.487. The molecule has 2 atom stereocenters. The molecule has 2 N–H and O–H groups in total. The highest BCUT2D eigenvalue weighted by Crippen LogP contribution is 2.38. The number of thioether (sulfide) groups is 1. The Balaban J connectivity index is 1.89. The van der Waals surface area contributed by atoms with Gasteiger partial charge in [0.1, 0.15) is 5.52 Å². The van der Waals surface area contributed by atoms with Crippen molar-refractivity contribution in [3.8, 4) is 0 Å². The number of benzene rings is 1. The van der Waals surface area contributed by atoms with Crippen molar-refractivity contribution in [1.29, 1.82) is 0 Å². The van der Waals surface area contributed by atoms with Gasteiger partial charge < -0.3 is 10.2 Å². The third-order valence-electron chi connectivity index (χ3n) is 2.85. The second-order valence-electron chi connectivity index (χ2n) is 4.40. The quantitative estimate of drug-likeness (QED) is 0.736. The van der Waals surface area contributed by atoms with Gasteiger partial charge in [0.25, 0.3) is 5.22 Å². The summed E-state index contributed by atoms with van der Waals surface area (Å²) in [5, 5.41) is 5.04. The van der Waals surface area contributed by atoms with E-state index in [4.69, 9.17) is 10.2 Å². The minimum Gasteiger partial charge on any atom is -0.431 e. The molecule has 0 aliphatic heterocycles. The van der Waals surface area contributed by atoms with Crippen LogP contribution in [-0.2, 0) is 0 Å². The number of fused-ring (bicyclic) bond motifs is 1. The maximum Gasteiger partial charge on any atom is 0.257 e. The maximum absolute atomic E-state index is 6.08. The van der Waals surface area contributed by atoms with Crippen LogP contribution in [0.4, 0.5) is 0 Å². The molecule has 0 radical (unpaired) electrons. The van der Waals surface area contributed by atoms with E-state index in [0.717, 1.165) is 11.1 Å². The summed E-state index contributed by atoms with van der Waals surface area (Å²) in [5.41, 5.74) is 9.02. The Kier molecular flexibility index (Phi) is 3.59. The van der Waals surface area contributed by atoms with Gasteiger partial charge in [-0.05, 0) is 41.4 Å². The molecule has 2 aromatic heterocycles. The maximum atomic E-state index is 6.08. The topological polar surface area (TPSA) is 52.0 Å². The van der Waals surface area contributed by atoms with Gasteiger partial charge in [-0.3, -0.25) is 0 Å². The van der Waals surface area contributed by atoms with E-state index in [1.54, 1.807) is 23.1 Å². The van der Waals surface area contributed by atoms with E-state index in [9.17, 15) is 0 Å². The Bertz CT molecular complexity index is 628. The van der Waals surface area contributed by atoms with Gasteiger partial charge in [-0.25, -0.2) is 4.98 Å². The first-order valence-corrected chi connectivity index (χ1v) is 7.86. The van der Waals surface area contributed by atoms with Crippen LogP contribution in [0.3, 0.4) is 0 Å². The van der Waals surface area contributed by atoms with Crippen LogP contribution in [0.25, 0.3) is 11.1 Å². The van der Waals surface area contributed by atoms with Crippen molar-refractivity contribution in [3.05, 3.63) is 46.7 Å². The van der Waals surface area contributed by atoms with Gasteiger partial charge in [0, 0.05) is 6.04 Å². The van der Waals surface area contributed by atoms with Crippen LogP contribution in [0.15, 0.2) is 50.7 Å². The van der Waals surface area contributed by atoms with E-state index in [1.165, 1.54) is 5.56 Å². The van der Waals surface area contributed by atoms with Gasteiger partial charge >= 0.3 is 0 Å². The molecule has 1 aromatic carbocycles. The number of nitrogens with zero attached hydrogens (tertiary/aromatic N) is 1. The number of rotatable bonds is 4. The van der Waals surface area contributed by atoms with Crippen LogP contribution in [0.5, 0.6) is 0 Å². The summed E-state index contributed by atoms with van der Waals surface area (Å²) < 4.78 is 5.75. The molecule has 0 spiro atoms. The van der Waals surface area contributed by atoms with E-state index in [0.29, 0.717) is 5.22 Å². The highest BCUT2D eigenvalue weighted by Gasteiger charge is 2.21. The van der Waals surface area contributed by atoms with Crippen LogP contribution >= 0.6 is 23.1 Å². The van der Waals surface area contributed by atoms with Crippen molar-refractivity contribution in [1.82, 2.24) is 4.98 Å². The van der Waals surface area contributed by atoms with E-state index in [1.807, 2.05) is 31.2 Å². The molecular formula is C14H14N2OS2. The van der Waals surface area contributed by atoms with Crippen LogP contribution in [0, 0.1) is 0 Å². The Morgan fingerprint density at radius 2 is 2.16 bits per heavy atom. The second kappa shape index (κ2) is 5.36. The molecule has 0 fully saturated rings. The van der Waals surface area contributed by atoms with Crippen LogP contribution in [0.2, 0.25) is 0 Å². The normalized spacial score (nSPS) is 14.6. The van der Waals surface area contributed by atoms with Crippen molar-refractivity contribution in [2.45, 2.75) is 23.4 Å². The minimum absolute atomic E-state index is 0.0367. The van der Waals surface area contributed by atoms with Crippen molar-refractivity contribution in [2.24, 2.45) is 5.73 Å². The van der Waals surface area contributed by atoms with Crippen molar-refractivity contribution < 1.29 is 4.42 Å². The first kappa shape index (κ1) is 12.7. The average molecular weight is 290 g/mol. The summed E-state index contributed by atoms with van der Waals surface area (Å²) in [7, 11) is 0. The van der Waals surface area contributed by atoms with Gasteiger partial charge in [-0.15, -0.1) is 0 Å². The average Bonchev–Trinajstić information content (AvgIpc) is 3.04. The van der Waals surface area contributed by atoms with Gasteiger partial charge in [-0.2, -0.15) is 11.3 Å². The molecule has 0 amide bonds. The summed E-state index contributed by atoms with van der Waals surface area (Å²) in [6.45, 7) is 2.01. The molecule has 98 valence electrons. The smallest absolute Gasteiger partial charge is 0.257 e. The molecule has 0 aliphatic rings. The van der Waals surface area contributed by atoms with Gasteiger partial charge in [0.2, 0.25) is 0 Å². The molecule has 2 unspecified atom stereocenters. The summed E-state index contributed by atoms with van der Waals surface area (Å²) in [6, 6.07) is 9.93. The number of para-hydroxylation sites is 2. The molecule has 3 aromatic rings. The lowest BCUT2D eigenvalue weighted by Gasteiger charge is -2.17. The fraction of sp³-hybridized carbons (Fsp3) is 0.214. The predicted molar refractivity (Wildman–Crippen MR) is 80.6 cm³/mol. The number of hydrogen-bond acceptors (Lipinski definition) is 5. The van der Waals surface area contributed by atoms with Crippen molar-refractivity contribution >= 4 is 34.2 Å². The highest BCUT2D eigenvalue weighted by atomic mass is 32.2. The third kappa shape index (κ3) is 2.68. The number of hydrogen-bond donors (Lipinski definition) is 1. The SMILES string of the molecule is CC(N)C(Sc1nc2ccccc2o1)c1ccsc1. The number of thiophene rings is 1. The molecule has 3 nitrogen and oxygen atoms in total. The van der Waals surface area contributed by atoms with Gasteiger partial charge in [0.15, 0.2) is 5.58 Å². The van der Waals surface area contributed by atoms with Gasteiger partial charge in [0.05, 0.1) is 5.25 Å². The zero-order valence-electron chi connectivity index (χ0n) is 10.4. The van der Waals surface area contributed by atoms with Crippen molar-refractivity contribution in [3.63, 3.8) is 0 Å². The molecule has 2 heterocycles. The fourth-order valence-electron chi connectivity index (χ4n) is 1.93. The monoisotopic (exact) mass is 290 g/mol. The van der Waals surface area contributed by atoms with E-state index >= 15 is 0 Å². The standard InChI is InChI=1S/C14H14N2OS2/c1-9(15)13(10-6-7-18-8-10)19-14-16-11-4-2-3-5-12(11)17-14/h2-9,13H,15H2,1H3. The molecule has 0 saturated carbocycles. The third-order valence-corrected chi connectivity index (χ3v) is 4.88. The van der Waals surface area contributed by atoms with Crippen molar-refractivity contribution in [2.75, 3.05) is 0 Å². The minimum atomic E-state index is 0.0367. The zero-order chi connectivity index (χ0) is 13.2. The largest absolute Gasteiger partial charge is 0.431 e. The lowest BCUT2D eigenvalue weighted by atomic mass is 10.1. The number of oxazole rings is 1. The predicted octanol–water partition coefficient (Wildman–Crippen LogP) is 4.07. The summed E-state index contributed by atoms with van der Waals surface area (Å²) >= 11 is 3.27. The molecule has 0 bridgehead atoms. The van der Waals surface area contributed by atoms with Crippen LogP contribution < -0.4 is 5.73 Å². The Morgan fingerprint density at radius 1 is 1.32 bits per heavy atom. The molecule has 0 aliphatic carbocycles. The Hall–Kier alpha value is -1.30. The van der Waals surface area contributed by atoms with E-state index in [-0.39, 0.29) is 11.3 Å². The lowest BCUT2D eigenvalue weighted by Crippen LogP contribution is -2.22. The molecule has 19 heavy (non-hydrogen) atoms. The second-order valence-corrected chi connectivity index (χ2v) is 6.27. The van der Waals surface area contributed by atoms with E-state index in [2.05, 4.69) is 21.8 Å². The molecular weight excluding hydrogens is 276 g/mol. The fourth-order valence-corrected chi connectivity index (χ4v) is 3.71. The number of aromatic nitrogens is 1. The first-order valence-electron chi connectivity index (χ1n) is 6.04. The zero-order valence-corrected chi connectivity index (χ0v) is 12.1. The van der Waals surface area contributed by atoms with E-state index < -0.39 is 0 Å². The van der Waals surface area contributed by atoms with Gasteiger partial charge in [-0.1, -0.05) is 23.9 Å². The summed E-state index contributed by atoms with van der Waals surface area (Å²) in [5.74, 6) is 0. The number of nitrogens with two attached hydrogens (primary N) is 1. The Labute approximate surface area is 119 Å². The highest BCUT2D eigenvalue weighted by molar-refractivity contribution is 7.99. The van der Waals surface area contributed by atoms with Crippen LogP contribution in [0.1, 0.15) is 17.7 Å². The molecule has 0 saturated heterocycles. The Morgan fingerprint density at radius 3 is 2.84 bits per heavy atom.